The second kappa shape index (κ2) is 7.61. The zero-order valence-corrected chi connectivity index (χ0v) is 14.5. The predicted molar refractivity (Wildman–Crippen MR) is 104 cm³/mol. The van der Waals surface area contributed by atoms with E-state index in [1.807, 2.05) is 42.5 Å². The van der Waals surface area contributed by atoms with E-state index in [9.17, 15) is 19.7 Å². The van der Waals surface area contributed by atoms with E-state index in [1.165, 1.54) is 37.3 Å². The van der Waals surface area contributed by atoms with Crippen molar-refractivity contribution in [1.29, 1.82) is 0 Å². The van der Waals surface area contributed by atoms with Crippen LogP contribution in [0.5, 0.6) is 0 Å². The number of hydrogen-bond donors (Lipinski definition) is 1. The van der Waals surface area contributed by atoms with Crippen LogP contribution in [0.25, 0.3) is 16.8 Å². The number of carbonyl (C=O) groups is 2. The number of nitrogens with one attached hydrogen (secondary N) is 1. The van der Waals surface area contributed by atoms with Crippen molar-refractivity contribution in [3.8, 4) is 0 Å². The Hall–Kier alpha value is -3.80. The Morgan fingerprint density at radius 3 is 2.26 bits per heavy atom. The first-order valence-corrected chi connectivity index (χ1v) is 8.21. The van der Waals surface area contributed by atoms with E-state index in [0.29, 0.717) is 5.69 Å². The minimum Gasteiger partial charge on any atom is -0.322 e. The molecule has 0 saturated carbocycles. The zero-order valence-electron chi connectivity index (χ0n) is 14.5. The van der Waals surface area contributed by atoms with Gasteiger partial charge in [-0.2, -0.15) is 0 Å². The molecule has 0 bridgehead atoms. The largest absolute Gasteiger partial charge is 0.322 e. The van der Waals surface area contributed by atoms with Crippen molar-refractivity contribution < 1.29 is 14.5 Å². The fraction of sp³-hybridized carbons (Fsp3) is 0.0476. The Bertz CT molecular complexity index is 1070. The van der Waals surface area contributed by atoms with E-state index < -0.39 is 10.8 Å². The summed E-state index contributed by atoms with van der Waals surface area (Å²) in [5.74, 6) is -0.938. The summed E-state index contributed by atoms with van der Waals surface area (Å²) in [5, 5.41) is 15.4. The first-order valence-electron chi connectivity index (χ1n) is 8.21. The molecule has 0 aromatic heterocycles. The molecule has 0 radical (unpaired) electrons. The van der Waals surface area contributed by atoms with Gasteiger partial charge in [-0.05, 0) is 47.5 Å². The molecule has 1 N–H and O–H groups in total. The predicted octanol–water partition coefficient (Wildman–Crippen LogP) is 4.36. The lowest BCUT2D eigenvalue weighted by atomic mass is 10.0. The van der Waals surface area contributed by atoms with Gasteiger partial charge >= 0.3 is 0 Å². The average molecular weight is 360 g/mol. The lowest BCUT2D eigenvalue weighted by Gasteiger charge is -2.07. The number of anilines is 1. The highest BCUT2D eigenvalue weighted by Crippen LogP contribution is 2.19. The molecule has 0 atom stereocenters. The van der Waals surface area contributed by atoms with Crippen LogP contribution in [-0.4, -0.2) is 16.6 Å². The normalized spacial score (nSPS) is 11.2. The van der Waals surface area contributed by atoms with Gasteiger partial charge in [0.05, 0.1) is 10.5 Å². The Morgan fingerprint density at radius 1 is 0.963 bits per heavy atom. The summed E-state index contributed by atoms with van der Waals surface area (Å²) in [6.07, 6.45) is 1.54. The fourth-order valence-electron chi connectivity index (χ4n) is 2.66. The monoisotopic (exact) mass is 360 g/mol. The van der Waals surface area contributed by atoms with Crippen LogP contribution in [0.15, 0.2) is 72.3 Å². The van der Waals surface area contributed by atoms with E-state index in [1.54, 1.807) is 0 Å². The van der Waals surface area contributed by atoms with Gasteiger partial charge in [0.1, 0.15) is 0 Å². The number of ketones is 1. The fourth-order valence-corrected chi connectivity index (χ4v) is 2.66. The molecule has 3 aromatic rings. The van der Waals surface area contributed by atoms with Crippen LogP contribution in [0, 0.1) is 10.1 Å². The van der Waals surface area contributed by atoms with Crippen LogP contribution in [0.1, 0.15) is 12.5 Å². The summed E-state index contributed by atoms with van der Waals surface area (Å²) < 4.78 is 0. The van der Waals surface area contributed by atoms with Crippen LogP contribution in [0.4, 0.5) is 11.4 Å². The second-order valence-corrected chi connectivity index (χ2v) is 5.98. The van der Waals surface area contributed by atoms with Crippen molar-refractivity contribution in [1.82, 2.24) is 0 Å². The molecule has 0 saturated heterocycles. The summed E-state index contributed by atoms with van der Waals surface area (Å²) >= 11 is 0. The van der Waals surface area contributed by atoms with Crippen LogP contribution < -0.4 is 5.32 Å². The van der Waals surface area contributed by atoms with Gasteiger partial charge in [-0.1, -0.05) is 36.4 Å². The van der Waals surface area contributed by atoms with Crippen LogP contribution in [0.2, 0.25) is 0 Å². The Kier molecular flexibility index (Phi) is 5.08. The van der Waals surface area contributed by atoms with Gasteiger partial charge in [-0.25, -0.2) is 0 Å². The highest BCUT2D eigenvalue weighted by Gasteiger charge is 2.15. The minimum absolute atomic E-state index is 0.00336. The minimum atomic E-state index is -0.565. The summed E-state index contributed by atoms with van der Waals surface area (Å²) in [6, 6.07) is 18.9. The molecule has 0 aliphatic heterocycles. The quantitative estimate of drug-likeness (QED) is 0.241. The molecule has 134 valence electrons. The van der Waals surface area contributed by atoms with Gasteiger partial charge in [0, 0.05) is 17.8 Å². The second-order valence-electron chi connectivity index (χ2n) is 5.98. The molecule has 0 aliphatic rings. The SMILES string of the molecule is CC(=O)/C(=C\c1ccc2ccccc2c1)C(=O)Nc1ccc([N+](=O)[O-])cc1. The highest BCUT2D eigenvalue weighted by atomic mass is 16.6. The molecular weight excluding hydrogens is 344 g/mol. The first kappa shape index (κ1) is 18.0. The number of benzene rings is 3. The molecule has 6 heteroatoms. The summed E-state index contributed by atoms with van der Waals surface area (Å²) in [4.78, 5) is 34.6. The van der Waals surface area contributed by atoms with E-state index in [2.05, 4.69) is 5.32 Å². The van der Waals surface area contributed by atoms with Crippen LogP contribution in [-0.2, 0) is 9.59 Å². The number of non-ortho nitro benzene ring substituents is 1. The number of nitro groups is 1. The third-order valence-corrected chi connectivity index (χ3v) is 4.04. The maximum atomic E-state index is 12.5. The van der Waals surface area contributed by atoms with Gasteiger partial charge < -0.3 is 5.32 Å². The van der Waals surface area contributed by atoms with E-state index >= 15 is 0 Å². The lowest BCUT2D eigenvalue weighted by Crippen LogP contribution is -2.18. The van der Waals surface area contributed by atoms with Gasteiger partial charge in [-0.15, -0.1) is 0 Å². The molecule has 0 fully saturated rings. The van der Waals surface area contributed by atoms with Crippen molar-refractivity contribution in [2.24, 2.45) is 0 Å². The lowest BCUT2D eigenvalue weighted by molar-refractivity contribution is -0.384. The number of carbonyl (C=O) groups excluding carboxylic acids is 2. The van der Waals surface area contributed by atoms with Gasteiger partial charge in [0.25, 0.3) is 11.6 Å². The van der Waals surface area contributed by atoms with Crippen molar-refractivity contribution in [2.45, 2.75) is 6.92 Å². The van der Waals surface area contributed by atoms with E-state index in [0.717, 1.165) is 16.3 Å². The topological polar surface area (TPSA) is 89.3 Å². The maximum Gasteiger partial charge on any atom is 0.269 e. The number of rotatable bonds is 5. The van der Waals surface area contributed by atoms with Gasteiger partial charge in [-0.3, -0.25) is 19.7 Å². The van der Waals surface area contributed by atoms with E-state index in [4.69, 9.17) is 0 Å². The average Bonchev–Trinajstić information content (AvgIpc) is 2.66. The molecule has 3 rings (SSSR count). The van der Waals surface area contributed by atoms with Crippen molar-refractivity contribution in [3.05, 3.63) is 88.0 Å². The third kappa shape index (κ3) is 4.24. The molecule has 1 amide bonds. The maximum absolute atomic E-state index is 12.5. The number of hydrogen-bond acceptors (Lipinski definition) is 4. The molecular formula is C21H16N2O4. The molecule has 27 heavy (non-hydrogen) atoms. The van der Waals surface area contributed by atoms with Crippen LogP contribution >= 0.6 is 0 Å². The first-order chi connectivity index (χ1) is 12.9. The number of nitro benzene ring substituents is 1. The Morgan fingerprint density at radius 2 is 1.63 bits per heavy atom. The van der Waals surface area contributed by atoms with Gasteiger partial charge in [0.15, 0.2) is 5.78 Å². The number of nitrogens with zero attached hydrogens (tertiary/aromatic N) is 1. The standard InChI is InChI=1S/C21H16N2O4/c1-14(24)20(13-15-6-7-16-4-2-3-5-17(16)12-15)21(25)22-18-8-10-19(11-9-18)23(26)27/h2-13H,1H3,(H,22,25)/b20-13+. The van der Waals surface area contributed by atoms with Crippen molar-refractivity contribution in [3.63, 3.8) is 0 Å². The molecule has 0 spiro atoms. The third-order valence-electron chi connectivity index (χ3n) is 4.04. The smallest absolute Gasteiger partial charge is 0.269 e. The number of fused-ring (bicyclic) bond motifs is 1. The summed E-state index contributed by atoms with van der Waals surface area (Å²) in [7, 11) is 0. The molecule has 0 unspecified atom stereocenters. The summed E-state index contributed by atoms with van der Waals surface area (Å²) in [6.45, 7) is 1.32. The molecule has 0 aliphatic carbocycles. The molecule has 3 aromatic carbocycles. The van der Waals surface area contributed by atoms with Gasteiger partial charge in [0.2, 0.25) is 0 Å². The molecule has 0 heterocycles. The van der Waals surface area contributed by atoms with Crippen LogP contribution in [0.3, 0.4) is 0 Å². The number of amides is 1. The highest BCUT2D eigenvalue weighted by molar-refractivity contribution is 6.25. The van der Waals surface area contributed by atoms with Crippen molar-refractivity contribution >= 4 is 39.9 Å². The van der Waals surface area contributed by atoms with E-state index in [-0.39, 0.29) is 17.0 Å². The Balaban J connectivity index is 1.87. The zero-order chi connectivity index (χ0) is 19.4. The number of Topliss-reactive ketones (excluding diaryl/α,β-unsaturated/α-hetero) is 1. The van der Waals surface area contributed by atoms with Crippen molar-refractivity contribution in [2.75, 3.05) is 5.32 Å². The summed E-state index contributed by atoms with van der Waals surface area (Å²) in [5.41, 5.74) is 1.03. The molecule has 6 nitrogen and oxygen atoms in total. The Labute approximate surface area is 155 Å².